The van der Waals surface area contributed by atoms with Gasteiger partial charge < -0.3 is 18.9 Å². The van der Waals surface area contributed by atoms with Gasteiger partial charge in [-0.15, -0.1) is 0 Å². The van der Waals surface area contributed by atoms with Crippen molar-refractivity contribution in [2.45, 2.75) is 52.1 Å². The van der Waals surface area contributed by atoms with Crippen molar-refractivity contribution in [3.8, 4) is 6.07 Å². The molecule has 0 aromatic heterocycles. The largest absolute Gasteiger partial charge is 0.463 e. The van der Waals surface area contributed by atoms with Gasteiger partial charge in [-0.05, 0) is 0 Å². The van der Waals surface area contributed by atoms with Crippen LogP contribution >= 0.6 is 0 Å². The van der Waals surface area contributed by atoms with Gasteiger partial charge in [0.2, 0.25) is 0 Å². The Bertz CT molecular complexity index is 484. The van der Waals surface area contributed by atoms with E-state index in [1.54, 1.807) is 6.92 Å². The zero-order valence-electron chi connectivity index (χ0n) is 12.9. The summed E-state index contributed by atoms with van der Waals surface area (Å²) in [5.41, 5.74) is 0. The summed E-state index contributed by atoms with van der Waals surface area (Å²) in [5, 5.41) is 9.15. The van der Waals surface area contributed by atoms with Crippen LogP contribution in [0.3, 0.4) is 0 Å². The number of ether oxygens (including phenoxy) is 4. The lowest BCUT2D eigenvalue weighted by Gasteiger charge is -2.41. The predicted octanol–water partition coefficient (Wildman–Crippen LogP) is 0.340. The highest BCUT2D eigenvalue weighted by molar-refractivity contribution is 5.67. The Morgan fingerprint density at radius 3 is 2.05 bits per heavy atom. The first-order chi connectivity index (χ1) is 10.3. The molecule has 1 rings (SSSR count). The van der Waals surface area contributed by atoms with Crippen LogP contribution in [0.4, 0.5) is 0 Å². The molecule has 0 amide bonds. The van der Waals surface area contributed by atoms with Crippen LogP contribution in [0.15, 0.2) is 0 Å². The molecule has 1 heterocycles. The van der Waals surface area contributed by atoms with Gasteiger partial charge in [-0.3, -0.25) is 14.4 Å². The summed E-state index contributed by atoms with van der Waals surface area (Å²) in [6.45, 7) is 5.08. The van der Waals surface area contributed by atoms with Crippen molar-refractivity contribution in [1.29, 1.82) is 5.26 Å². The number of nitrogens with zero attached hydrogens (tertiary/aromatic N) is 1. The normalized spacial score (nSPS) is 30.8. The standard InChI is InChI=1S/C14H19NO7/c1-7-11(5-15)22-12(6-19-8(2)16)14(21-10(4)18)13(7)20-9(3)17/h7,11-14H,6H2,1-4H3/t7-,11?,12+,13?,14?/m0/s1. The van der Waals surface area contributed by atoms with Gasteiger partial charge in [-0.1, -0.05) is 6.92 Å². The average molecular weight is 313 g/mol. The van der Waals surface area contributed by atoms with Crippen molar-refractivity contribution in [3.63, 3.8) is 0 Å². The molecule has 1 saturated heterocycles. The molecule has 1 aliphatic rings. The fraction of sp³-hybridized carbons (Fsp3) is 0.714. The molecule has 8 heteroatoms. The lowest BCUT2D eigenvalue weighted by Crippen LogP contribution is -2.57. The average Bonchev–Trinajstić information content (AvgIpc) is 2.41. The molecule has 0 saturated carbocycles. The topological polar surface area (TPSA) is 112 Å². The quantitative estimate of drug-likeness (QED) is 0.539. The van der Waals surface area contributed by atoms with Gasteiger partial charge in [-0.25, -0.2) is 0 Å². The molecule has 8 nitrogen and oxygen atoms in total. The minimum absolute atomic E-state index is 0.212. The lowest BCUT2D eigenvalue weighted by molar-refractivity contribution is -0.222. The highest BCUT2D eigenvalue weighted by atomic mass is 16.6. The van der Waals surface area contributed by atoms with Gasteiger partial charge in [0.15, 0.2) is 12.2 Å². The first-order valence-corrected chi connectivity index (χ1v) is 6.79. The maximum atomic E-state index is 11.3. The summed E-state index contributed by atoms with van der Waals surface area (Å²) in [6, 6.07) is 1.95. The lowest BCUT2D eigenvalue weighted by atomic mass is 9.88. The summed E-state index contributed by atoms with van der Waals surface area (Å²) < 4.78 is 20.8. The molecule has 0 N–H and O–H groups in total. The number of carbonyl (C=O) groups excluding carboxylic acids is 3. The Morgan fingerprint density at radius 2 is 1.59 bits per heavy atom. The second-order valence-corrected chi connectivity index (χ2v) is 5.03. The molecule has 0 spiro atoms. The number of hydrogen-bond donors (Lipinski definition) is 0. The SMILES string of the molecule is CC(=O)OC[C@H]1OC(C#N)[C@H](C)C(OC(C)=O)C1OC(C)=O. The third-order valence-electron chi connectivity index (χ3n) is 3.19. The van der Waals surface area contributed by atoms with E-state index in [2.05, 4.69) is 0 Å². The van der Waals surface area contributed by atoms with Crippen LogP contribution in [-0.4, -0.2) is 48.9 Å². The summed E-state index contributed by atoms with van der Waals surface area (Å²) >= 11 is 0. The molecule has 1 fully saturated rings. The van der Waals surface area contributed by atoms with Gasteiger partial charge in [0, 0.05) is 26.7 Å². The maximum absolute atomic E-state index is 11.3. The van der Waals surface area contributed by atoms with Gasteiger partial charge >= 0.3 is 17.9 Å². The fourth-order valence-corrected chi connectivity index (χ4v) is 2.25. The van der Waals surface area contributed by atoms with Gasteiger partial charge in [-0.2, -0.15) is 5.26 Å². The summed E-state index contributed by atoms with van der Waals surface area (Å²) in [5.74, 6) is -2.21. The Balaban J connectivity index is 3.03. The monoisotopic (exact) mass is 313 g/mol. The van der Waals surface area contributed by atoms with Crippen LogP contribution in [-0.2, 0) is 33.3 Å². The van der Waals surface area contributed by atoms with Crippen molar-refractivity contribution < 1.29 is 33.3 Å². The molecule has 0 aromatic carbocycles. The van der Waals surface area contributed by atoms with Crippen molar-refractivity contribution in [1.82, 2.24) is 0 Å². The predicted molar refractivity (Wildman–Crippen MR) is 71.2 cm³/mol. The molecule has 5 atom stereocenters. The van der Waals surface area contributed by atoms with Crippen LogP contribution in [0.1, 0.15) is 27.7 Å². The molecule has 22 heavy (non-hydrogen) atoms. The van der Waals surface area contributed by atoms with Crippen molar-refractivity contribution >= 4 is 17.9 Å². The fourth-order valence-electron chi connectivity index (χ4n) is 2.25. The molecular formula is C14H19NO7. The van der Waals surface area contributed by atoms with Crippen LogP contribution in [0.2, 0.25) is 0 Å². The van der Waals surface area contributed by atoms with Crippen LogP contribution in [0, 0.1) is 17.2 Å². The first kappa shape index (κ1) is 17.9. The van der Waals surface area contributed by atoms with E-state index in [4.69, 9.17) is 24.2 Å². The van der Waals surface area contributed by atoms with Crippen molar-refractivity contribution in [2.24, 2.45) is 5.92 Å². The number of esters is 3. The maximum Gasteiger partial charge on any atom is 0.303 e. The Morgan fingerprint density at radius 1 is 1.05 bits per heavy atom. The van der Waals surface area contributed by atoms with E-state index in [1.807, 2.05) is 6.07 Å². The highest BCUT2D eigenvalue weighted by Gasteiger charge is 2.48. The summed E-state index contributed by atoms with van der Waals surface area (Å²) in [6.07, 6.45) is -3.59. The third kappa shape index (κ3) is 4.70. The molecule has 0 aliphatic carbocycles. The van der Waals surface area contributed by atoms with Gasteiger partial charge in [0.1, 0.15) is 18.8 Å². The zero-order valence-corrected chi connectivity index (χ0v) is 12.9. The molecule has 0 radical (unpaired) electrons. The van der Waals surface area contributed by atoms with E-state index < -0.39 is 48.2 Å². The van der Waals surface area contributed by atoms with E-state index in [1.165, 1.54) is 20.8 Å². The Labute approximate surface area is 128 Å². The summed E-state index contributed by atoms with van der Waals surface area (Å²) in [4.78, 5) is 33.5. The second kappa shape index (κ2) is 7.75. The van der Waals surface area contributed by atoms with E-state index in [9.17, 15) is 14.4 Å². The number of nitriles is 1. The molecule has 1 aliphatic heterocycles. The van der Waals surface area contributed by atoms with E-state index in [0.29, 0.717) is 0 Å². The van der Waals surface area contributed by atoms with Crippen molar-refractivity contribution in [3.05, 3.63) is 0 Å². The molecule has 3 unspecified atom stereocenters. The number of hydrogen-bond acceptors (Lipinski definition) is 8. The van der Waals surface area contributed by atoms with Crippen LogP contribution in [0.25, 0.3) is 0 Å². The minimum Gasteiger partial charge on any atom is -0.463 e. The minimum atomic E-state index is -0.958. The van der Waals surface area contributed by atoms with Crippen LogP contribution in [0.5, 0.6) is 0 Å². The van der Waals surface area contributed by atoms with Gasteiger partial charge in [0.05, 0.1) is 6.07 Å². The highest BCUT2D eigenvalue weighted by Crippen LogP contribution is 2.30. The van der Waals surface area contributed by atoms with Gasteiger partial charge in [0.25, 0.3) is 0 Å². The smallest absolute Gasteiger partial charge is 0.303 e. The third-order valence-corrected chi connectivity index (χ3v) is 3.19. The first-order valence-electron chi connectivity index (χ1n) is 6.79. The second-order valence-electron chi connectivity index (χ2n) is 5.03. The van der Waals surface area contributed by atoms with E-state index in [-0.39, 0.29) is 6.61 Å². The Hall–Kier alpha value is -2.14. The number of rotatable bonds is 4. The molecule has 0 aromatic rings. The molecular weight excluding hydrogens is 294 g/mol. The Kier molecular flexibility index (Phi) is 6.31. The zero-order chi connectivity index (χ0) is 16.9. The van der Waals surface area contributed by atoms with Crippen molar-refractivity contribution in [2.75, 3.05) is 6.61 Å². The molecule has 122 valence electrons. The number of carbonyl (C=O) groups is 3. The molecule has 0 bridgehead atoms. The van der Waals surface area contributed by atoms with Crippen LogP contribution < -0.4 is 0 Å². The summed E-state index contributed by atoms with van der Waals surface area (Å²) in [7, 11) is 0. The van der Waals surface area contributed by atoms with E-state index >= 15 is 0 Å². The van der Waals surface area contributed by atoms with E-state index in [0.717, 1.165) is 0 Å².